The maximum absolute atomic E-state index is 13.4. The van der Waals surface area contributed by atoms with Crippen LogP contribution in [0.1, 0.15) is 12.5 Å². The van der Waals surface area contributed by atoms with Gasteiger partial charge in [0.1, 0.15) is 5.41 Å². The van der Waals surface area contributed by atoms with Gasteiger partial charge in [0, 0.05) is 24.7 Å². The van der Waals surface area contributed by atoms with Gasteiger partial charge in [0.15, 0.2) is 0 Å². The van der Waals surface area contributed by atoms with Crippen LogP contribution in [0.25, 0.3) is 0 Å². The molecule has 2 atom stereocenters. The van der Waals surface area contributed by atoms with E-state index >= 15 is 0 Å². The van der Waals surface area contributed by atoms with Crippen LogP contribution >= 0.6 is 0 Å². The molecule has 0 saturated carbocycles. The molecule has 7 heteroatoms. The summed E-state index contributed by atoms with van der Waals surface area (Å²) in [6.45, 7) is 3.76. The van der Waals surface area contributed by atoms with Crippen molar-refractivity contribution >= 4 is 11.6 Å². The van der Waals surface area contributed by atoms with Crippen molar-refractivity contribution in [1.29, 1.82) is 15.8 Å². The summed E-state index contributed by atoms with van der Waals surface area (Å²) >= 11 is 0. The summed E-state index contributed by atoms with van der Waals surface area (Å²) in [5.74, 6) is -0.877. The van der Waals surface area contributed by atoms with Crippen LogP contribution in [-0.2, 0) is 10.2 Å². The van der Waals surface area contributed by atoms with Gasteiger partial charge in [-0.1, -0.05) is 31.2 Å². The van der Waals surface area contributed by atoms with E-state index in [1.807, 2.05) is 43.3 Å². The van der Waals surface area contributed by atoms with Gasteiger partial charge in [0.05, 0.1) is 29.5 Å². The molecule has 0 aromatic heterocycles. The van der Waals surface area contributed by atoms with E-state index in [0.29, 0.717) is 29.9 Å². The molecule has 138 valence electrons. The molecule has 1 aromatic rings. The number of carbonyl (C=O) groups excluding carboxylic acids is 1. The second kappa shape index (κ2) is 5.96. The van der Waals surface area contributed by atoms with Crippen molar-refractivity contribution < 1.29 is 4.79 Å². The van der Waals surface area contributed by atoms with Crippen LogP contribution in [0.5, 0.6) is 0 Å². The predicted molar refractivity (Wildman–Crippen MR) is 101 cm³/mol. The van der Waals surface area contributed by atoms with Gasteiger partial charge in [-0.25, -0.2) is 0 Å². The van der Waals surface area contributed by atoms with Crippen LogP contribution in [0.15, 0.2) is 47.2 Å². The van der Waals surface area contributed by atoms with Gasteiger partial charge in [0.25, 0.3) is 0 Å². The van der Waals surface area contributed by atoms with Crippen LogP contribution in [0.2, 0.25) is 0 Å². The number of nitrogens with one attached hydrogen (secondary N) is 1. The first-order chi connectivity index (χ1) is 13.5. The van der Waals surface area contributed by atoms with E-state index in [1.165, 1.54) is 0 Å². The first kappa shape index (κ1) is 17.8. The second-order valence-electron chi connectivity index (χ2n) is 7.25. The summed E-state index contributed by atoms with van der Waals surface area (Å²) in [4.78, 5) is 15.5. The number of nitrogens with zero attached hydrogens (tertiary/aromatic N) is 4. The van der Waals surface area contributed by atoms with Gasteiger partial charge < -0.3 is 11.1 Å². The maximum atomic E-state index is 13.4. The Kier molecular flexibility index (Phi) is 3.79. The third kappa shape index (κ3) is 1.85. The molecule has 0 unspecified atom stereocenters. The van der Waals surface area contributed by atoms with Gasteiger partial charge in [-0.3, -0.25) is 9.69 Å². The highest BCUT2D eigenvalue weighted by Crippen LogP contribution is 2.59. The van der Waals surface area contributed by atoms with Gasteiger partial charge >= 0.3 is 0 Å². The summed E-state index contributed by atoms with van der Waals surface area (Å²) in [6.07, 6.45) is 1.83. The number of nitrogens with two attached hydrogens (primary N) is 1. The number of anilines is 1. The molecule has 1 aliphatic carbocycles. The molecule has 3 aliphatic rings. The molecule has 4 rings (SSSR count). The highest BCUT2D eigenvalue weighted by molar-refractivity contribution is 6.10. The van der Waals surface area contributed by atoms with Crippen molar-refractivity contribution in [3.63, 3.8) is 0 Å². The third-order valence-corrected chi connectivity index (χ3v) is 6.26. The molecule has 1 spiro atoms. The van der Waals surface area contributed by atoms with E-state index in [0.717, 1.165) is 6.54 Å². The number of carbonyl (C=O) groups is 1. The number of hydrogen-bond acceptors (Lipinski definition) is 6. The molecule has 2 aliphatic heterocycles. The molecule has 0 saturated heterocycles. The summed E-state index contributed by atoms with van der Waals surface area (Å²) < 4.78 is 0. The number of benzene rings is 1. The average Bonchev–Trinajstić information content (AvgIpc) is 3.02. The van der Waals surface area contributed by atoms with E-state index < -0.39 is 16.7 Å². The lowest BCUT2D eigenvalue weighted by molar-refractivity contribution is -0.121. The first-order valence-corrected chi connectivity index (χ1v) is 9.08. The van der Waals surface area contributed by atoms with Gasteiger partial charge in [-0.15, -0.1) is 0 Å². The zero-order valence-corrected chi connectivity index (χ0v) is 15.4. The molecular weight excluding hydrogens is 352 g/mol. The average molecular weight is 370 g/mol. The van der Waals surface area contributed by atoms with Crippen LogP contribution in [0, 0.1) is 45.3 Å². The van der Waals surface area contributed by atoms with Crippen LogP contribution in [0.4, 0.5) is 5.69 Å². The SMILES string of the molecule is CCN1CC=C2[C@@H](C1)[C@@]1(C(=O)Nc3ccccc31)C(C#N)=C(N)C2(C#N)C#N. The fourth-order valence-electron chi connectivity index (χ4n) is 4.87. The quantitative estimate of drug-likeness (QED) is 0.721. The third-order valence-electron chi connectivity index (χ3n) is 6.26. The number of allylic oxidation sites excluding steroid dienone is 1. The highest BCUT2D eigenvalue weighted by atomic mass is 16.2. The summed E-state index contributed by atoms with van der Waals surface area (Å²) in [5.41, 5.74) is 4.91. The predicted octanol–water partition coefficient (Wildman–Crippen LogP) is 1.54. The highest BCUT2D eigenvalue weighted by Gasteiger charge is 2.65. The number of nitriles is 3. The van der Waals surface area contributed by atoms with Gasteiger partial charge in [-0.2, -0.15) is 15.8 Å². The normalized spacial score (nSPS) is 27.7. The Bertz CT molecular complexity index is 1070. The molecular formula is C21H18N6O. The zero-order valence-electron chi connectivity index (χ0n) is 15.4. The van der Waals surface area contributed by atoms with E-state index in [4.69, 9.17) is 5.73 Å². The standard InChI is InChI=1S/C21H18N6O/c1-2-27-8-7-13-16(10-27)21(14-5-3-4-6-17(14)26-19(21)28)15(9-22)18(25)20(13,11-23)12-24/h3-7,16H,2,8,10,25H2,1H3,(H,26,28)/t16-,21+/m1/s1. The molecule has 3 N–H and O–H groups in total. The summed E-state index contributed by atoms with van der Waals surface area (Å²) in [5, 5.41) is 32.8. The Balaban J connectivity index is 2.14. The lowest BCUT2D eigenvalue weighted by Crippen LogP contribution is -2.57. The number of fused-ring (bicyclic) bond motifs is 4. The van der Waals surface area contributed by atoms with E-state index in [2.05, 4.69) is 16.3 Å². The Morgan fingerprint density at radius 2 is 2.00 bits per heavy atom. The van der Waals surface area contributed by atoms with Crippen LogP contribution < -0.4 is 11.1 Å². The minimum absolute atomic E-state index is 0.00171. The molecule has 1 aromatic carbocycles. The Morgan fingerprint density at radius 1 is 1.29 bits per heavy atom. The van der Waals surface area contributed by atoms with Crippen molar-refractivity contribution in [2.75, 3.05) is 25.0 Å². The van der Waals surface area contributed by atoms with Crippen LogP contribution in [-0.4, -0.2) is 30.4 Å². The topological polar surface area (TPSA) is 130 Å². The summed E-state index contributed by atoms with van der Waals surface area (Å²) in [6, 6.07) is 13.4. The lowest BCUT2D eigenvalue weighted by atomic mass is 9.52. The van der Waals surface area contributed by atoms with E-state index in [1.54, 1.807) is 6.07 Å². The fraction of sp³-hybridized carbons (Fsp3) is 0.333. The van der Waals surface area contributed by atoms with Crippen molar-refractivity contribution in [1.82, 2.24) is 4.90 Å². The maximum Gasteiger partial charge on any atom is 0.241 e. The molecule has 0 radical (unpaired) electrons. The molecule has 0 bridgehead atoms. The minimum atomic E-state index is -1.74. The first-order valence-electron chi connectivity index (χ1n) is 9.08. The van der Waals surface area contributed by atoms with Crippen LogP contribution in [0.3, 0.4) is 0 Å². The number of para-hydroxylation sites is 1. The Hall–Kier alpha value is -3.60. The largest absolute Gasteiger partial charge is 0.399 e. The smallest absolute Gasteiger partial charge is 0.241 e. The van der Waals surface area contributed by atoms with Crippen molar-refractivity contribution in [3.8, 4) is 18.2 Å². The van der Waals surface area contributed by atoms with Crippen molar-refractivity contribution in [2.24, 2.45) is 17.1 Å². The lowest BCUT2D eigenvalue weighted by Gasteiger charge is -2.49. The Morgan fingerprint density at radius 3 is 2.64 bits per heavy atom. The Labute approximate surface area is 162 Å². The fourth-order valence-corrected chi connectivity index (χ4v) is 4.87. The number of amides is 1. The van der Waals surface area contributed by atoms with Crippen molar-refractivity contribution in [2.45, 2.75) is 12.3 Å². The number of likely N-dealkylation sites (N-methyl/N-ethyl adjacent to an activating group) is 1. The van der Waals surface area contributed by atoms with E-state index in [9.17, 15) is 20.6 Å². The number of rotatable bonds is 1. The van der Waals surface area contributed by atoms with Crippen molar-refractivity contribution in [3.05, 3.63) is 52.7 Å². The molecule has 28 heavy (non-hydrogen) atoms. The second-order valence-corrected chi connectivity index (χ2v) is 7.25. The summed E-state index contributed by atoms with van der Waals surface area (Å²) in [7, 11) is 0. The van der Waals surface area contributed by atoms with Gasteiger partial charge in [0.2, 0.25) is 11.3 Å². The molecule has 2 heterocycles. The van der Waals surface area contributed by atoms with E-state index in [-0.39, 0.29) is 17.2 Å². The molecule has 1 amide bonds. The number of hydrogen-bond donors (Lipinski definition) is 2. The zero-order chi connectivity index (χ0) is 20.1. The van der Waals surface area contributed by atoms with Gasteiger partial charge in [-0.05, 0) is 23.7 Å². The molecule has 0 fully saturated rings. The minimum Gasteiger partial charge on any atom is -0.399 e. The monoisotopic (exact) mass is 370 g/mol. The molecule has 7 nitrogen and oxygen atoms in total.